The standard InChI is InChI=1S/C17H25N5O3/c1-20-6-8-21(9-7-20)19-17(24)18-13-10-16(23)22(12-13)14-4-3-5-15(11-14)25-2/h3-5,11,13H,6-10,12H2,1-2H3,(H2,18,19,24)/t13-/m1/s1. The first-order valence-electron chi connectivity index (χ1n) is 8.50. The van der Waals surface area contributed by atoms with Crippen molar-refractivity contribution in [2.75, 3.05) is 51.8 Å². The molecule has 2 fully saturated rings. The van der Waals surface area contributed by atoms with Crippen molar-refractivity contribution in [2.45, 2.75) is 12.5 Å². The Morgan fingerprint density at radius 3 is 2.72 bits per heavy atom. The summed E-state index contributed by atoms with van der Waals surface area (Å²) in [7, 11) is 3.66. The van der Waals surface area contributed by atoms with Gasteiger partial charge in [0.25, 0.3) is 0 Å². The zero-order chi connectivity index (χ0) is 17.8. The molecule has 0 aromatic heterocycles. The number of methoxy groups -OCH3 is 1. The topological polar surface area (TPSA) is 77.2 Å². The quantitative estimate of drug-likeness (QED) is 0.817. The van der Waals surface area contributed by atoms with Crippen LogP contribution in [0.3, 0.4) is 0 Å². The molecule has 2 heterocycles. The lowest BCUT2D eigenvalue weighted by Gasteiger charge is -2.32. The van der Waals surface area contributed by atoms with Crippen LogP contribution in [0.2, 0.25) is 0 Å². The lowest BCUT2D eigenvalue weighted by atomic mass is 10.2. The number of likely N-dealkylation sites (N-methyl/N-ethyl adjacent to an activating group) is 1. The Hall–Kier alpha value is -2.32. The maximum Gasteiger partial charge on any atom is 0.329 e. The van der Waals surface area contributed by atoms with E-state index in [4.69, 9.17) is 4.74 Å². The van der Waals surface area contributed by atoms with Crippen LogP contribution in [0.25, 0.3) is 0 Å². The fourth-order valence-corrected chi connectivity index (χ4v) is 3.11. The van der Waals surface area contributed by atoms with Gasteiger partial charge in [0.05, 0.1) is 13.2 Å². The summed E-state index contributed by atoms with van der Waals surface area (Å²) in [5.74, 6) is 0.702. The van der Waals surface area contributed by atoms with E-state index in [0.717, 1.165) is 31.9 Å². The third-order valence-corrected chi connectivity index (χ3v) is 4.59. The molecule has 2 aliphatic rings. The number of benzene rings is 1. The van der Waals surface area contributed by atoms with E-state index in [2.05, 4.69) is 22.7 Å². The fraction of sp³-hybridized carbons (Fsp3) is 0.529. The number of hydrogen-bond donors (Lipinski definition) is 2. The van der Waals surface area contributed by atoms with Gasteiger partial charge in [0, 0.05) is 50.9 Å². The summed E-state index contributed by atoms with van der Waals surface area (Å²) in [4.78, 5) is 28.4. The Morgan fingerprint density at radius 2 is 2.00 bits per heavy atom. The summed E-state index contributed by atoms with van der Waals surface area (Å²) >= 11 is 0. The van der Waals surface area contributed by atoms with Crippen LogP contribution >= 0.6 is 0 Å². The molecule has 1 atom stereocenters. The number of urea groups is 1. The second kappa shape index (κ2) is 7.71. The smallest absolute Gasteiger partial charge is 0.329 e. The highest BCUT2D eigenvalue weighted by atomic mass is 16.5. The summed E-state index contributed by atoms with van der Waals surface area (Å²) in [6.07, 6.45) is 0.299. The number of nitrogens with one attached hydrogen (secondary N) is 2. The first-order chi connectivity index (χ1) is 12.0. The molecular formula is C17H25N5O3. The number of anilines is 1. The van der Waals surface area contributed by atoms with Crippen LogP contribution in [0.15, 0.2) is 24.3 Å². The lowest BCUT2D eigenvalue weighted by molar-refractivity contribution is -0.117. The highest BCUT2D eigenvalue weighted by Gasteiger charge is 2.32. The number of piperazine rings is 1. The van der Waals surface area contributed by atoms with E-state index in [1.807, 2.05) is 29.3 Å². The van der Waals surface area contributed by atoms with Gasteiger partial charge in [-0.25, -0.2) is 9.80 Å². The van der Waals surface area contributed by atoms with Gasteiger partial charge < -0.3 is 19.9 Å². The lowest BCUT2D eigenvalue weighted by Crippen LogP contribution is -2.56. The minimum absolute atomic E-state index is 0.00171. The van der Waals surface area contributed by atoms with Crippen LogP contribution in [-0.2, 0) is 4.79 Å². The van der Waals surface area contributed by atoms with Crippen molar-refractivity contribution in [3.05, 3.63) is 24.3 Å². The molecule has 8 nitrogen and oxygen atoms in total. The van der Waals surface area contributed by atoms with Gasteiger partial charge in [-0.1, -0.05) is 6.07 Å². The van der Waals surface area contributed by atoms with Crippen LogP contribution in [0.4, 0.5) is 10.5 Å². The third kappa shape index (κ3) is 4.40. The van der Waals surface area contributed by atoms with Gasteiger partial charge in [-0.15, -0.1) is 0 Å². The van der Waals surface area contributed by atoms with E-state index in [1.165, 1.54) is 0 Å². The third-order valence-electron chi connectivity index (χ3n) is 4.59. The zero-order valence-corrected chi connectivity index (χ0v) is 14.7. The highest BCUT2D eigenvalue weighted by molar-refractivity contribution is 5.97. The van der Waals surface area contributed by atoms with Crippen molar-refractivity contribution >= 4 is 17.6 Å². The molecule has 0 unspecified atom stereocenters. The molecule has 25 heavy (non-hydrogen) atoms. The average molecular weight is 347 g/mol. The van der Waals surface area contributed by atoms with Gasteiger partial charge >= 0.3 is 6.03 Å². The van der Waals surface area contributed by atoms with E-state index < -0.39 is 0 Å². The monoisotopic (exact) mass is 347 g/mol. The molecule has 0 bridgehead atoms. The van der Waals surface area contributed by atoms with Crippen molar-refractivity contribution in [1.82, 2.24) is 20.7 Å². The number of hydrazine groups is 1. The molecule has 1 aromatic carbocycles. The molecular weight excluding hydrogens is 322 g/mol. The number of amides is 3. The Kier molecular flexibility index (Phi) is 5.40. The molecule has 136 valence electrons. The van der Waals surface area contributed by atoms with Crippen molar-refractivity contribution < 1.29 is 14.3 Å². The number of hydrogen-bond acceptors (Lipinski definition) is 5. The number of rotatable bonds is 4. The molecule has 2 saturated heterocycles. The molecule has 3 rings (SSSR count). The van der Waals surface area contributed by atoms with Crippen LogP contribution in [0.1, 0.15) is 6.42 Å². The summed E-state index contributed by atoms with van der Waals surface area (Å²) in [6.45, 7) is 3.90. The predicted octanol–water partition coefficient (Wildman–Crippen LogP) is 0.262. The molecule has 0 aliphatic carbocycles. The minimum atomic E-state index is -0.255. The molecule has 1 aromatic rings. The number of nitrogens with zero attached hydrogens (tertiary/aromatic N) is 3. The van der Waals surface area contributed by atoms with Crippen LogP contribution in [0, 0.1) is 0 Å². The van der Waals surface area contributed by atoms with E-state index in [-0.39, 0.29) is 18.0 Å². The maximum atomic E-state index is 12.3. The molecule has 0 saturated carbocycles. The fourth-order valence-electron chi connectivity index (χ4n) is 3.11. The molecule has 0 radical (unpaired) electrons. The predicted molar refractivity (Wildman–Crippen MR) is 94.5 cm³/mol. The van der Waals surface area contributed by atoms with Crippen LogP contribution < -0.4 is 20.4 Å². The Bertz CT molecular complexity index is 630. The molecule has 8 heteroatoms. The van der Waals surface area contributed by atoms with E-state index in [1.54, 1.807) is 12.0 Å². The van der Waals surface area contributed by atoms with Crippen molar-refractivity contribution in [2.24, 2.45) is 0 Å². The molecule has 0 spiro atoms. The van der Waals surface area contributed by atoms with Crippen molar-refractivity contribution in [3.8, 4) is 5.75 Å². The average Bonchev–Trinajstić information content (AvgIpc) is 2.97. The van der Waals surface area contributed by atoms with Gasteiger partial charge in [0.15, 0.2) is 0 Å². The molecule has 2 N–H and O–H groups in total. The van der Waals surface area contributed by atoms with Crippen LogP contribution in [0.5, 0.6) is 5.75 Å². The summed E-state index contributed by atoms with van der Waals surface area (Å²) in [5.41, 5.74) is 3.65. The highest BCUT2D eigenvalue weighted by Crippen LogP contribution is 2.25. The number of carbonyl (C=O) groups excluding carboxylic acids is 2. The van der Waals surface area contributed by atoms with Crippen molar-refractivity contribution in [1.29, 1.82) is 0 Å². The van der Waals surface area contributed by atoms with Gasteiger partial charge in [0.2, 0.25) is 5.91 Å². The Morgan fingerprint density at radius 1 is 1.24 bits per heavy atom. The van der Waals surface area contributed by atoms with Crippen molar-refractivity contribution in [3.63, 3.8) is 0 Å². The van der Waals surface area contributed by atoms with Gasteiger partial charge in [-0.05, 0) is 19.2 Å². The first kappa shape index (κ1) is 17.5. The second-order valence-corrected chi connectivity index (χ2v) is 6.48. The Balaban J connectivity index is 1.52. The van der Waals surface area contributed by atoms with E-state index in [0.29, 0.717) is 18.7 Å². The largest absolute Gasteiger partial charge is 0.497 e. The van der Waals surface area contributed by atoms with Gasteiger partial charge in [-0.3, -0.25) is 10.2 Å². The number of ether oxygens (including phenoxy) is 1. The minimum Gasteiger partial charge on any atom is -0.497 e. The summed E-state index contributed by atoms with van der Waals surface area (Å²) in [5, 5.41) is 4.81. The van der Waals surface area contributed by atoms with Gasteiger partial charge in [-0.2, -0.15) is 0 Å². The maximum absolute atomic E-state index is 12.3. The van der Waals surface area contributed by atoms with E-state index in [9.17, 15) is 9.59 Å². The van der Waals surface area contributed by atoms with Gasteiger partial charge in [0.1, 0.15) is 5.75 Å². The zero-order valence-electron chi connectivity index (χ0n) is 14.7. The van der Waals surface area contributed by atoms with Crippen LogP contribution in [-0.4, -0.2) is 74.8 Å². The first-order valence-corrected chi connectivity index (χ1v) is 8.50. The Labute approximate surface area is 147 Å². The molecule has 2 aliphatic heterocycles. The van der Waals surface area contributed by atoms with E-state index >= 15 is 0 Å². The SMILES string of the molecule is COc1cccc(N2C[C@H](NC(=O)NN3CCN(C)CC3)CC2=O)c1. The second-order valence-electron chi connectivity index (χ2n) is 6.48. The summed E-state index contributed by atoms with van der Waals surface area (Å²) in [6, 6.07) is 6.92. The normalized spacial score (nSPS) is 22.1. The molecule has 3 amide bonds. The number of carbonyl (C=O) groups is 2. The summed E-state index contributed by atoms with van der Waals surface area (Å²) < 4.78 is 5.21.